The Labute approximate surface area is 106 Å². The smallest absolute Gasteiger partial charge is 0.0822 e. The second kappa shape index (κ2) is 4.28. The van der Waals surface area contributed by atoms with Crippen molar-refractivity contribution in [1.29, 1.82) is 0 Å². The summed E-state index contributed by atoms with van der Waals surface area (Å²) in [6.07, 6.45) is 10.8. The number of fused-ring (bicyclic) bond motifs is 1. The van der Waals surface area contributed by atoms with Gasteiger partial charge in [-0.05, 0) is 17.4 Å². The highest BCUT2D eigenvalue weighted by atomic mass is 16.5. The molecule has 1 fully saturated rings. The summed E-state index contributed by atoms with van der Waals surface area (Å²) in [6.45, 7) is 9.06. The van der Waals surface area contributed by atoms with Gasteiger partial charge in [-0.2, -0.15) is 0 Å². The fourth-order valence-corrected chi connectivity index (χ4v) is 3.31. The van der Waals surface area contributed by atoms with Gasteiger partial charge in [-0.1, -0.05) is 58.8 Å². The first-order chi connectivity index (χ1) is 7.94. The molecule has 0 radical (unpaired) electrons. The maximum absolute atomic E-state index is 5.87. The SMILES string of the molecule is CCCC[C@@]1(OC)[C@@H]2/C(=C/C(C)(C)C)C=C[C@@H]21. The van der Waals surface area contributed by atoms with E-state index in [1.54, 1.807) is 0 Å². The second-order valence-electron chi connectivity index (χ2n) is 6.64. The molecule has 2 rings (SSSR count). The average Bonchev–Trinajstić information content (AvgIpc) is 2.69. The molecule has 1 heteroatoms. The minimum absolute atomic E-state index is 0.141. The molecule has 2 aliphatic carbocycles. The average molecular weight is 234 g/mol. The van der Waals surface area contributed by atoms with E-state index in [0.717, 1.165) is 0 Å². The topological polar surface area (TPSA) is 9.23 Å². The zero-order valence-corrected chi connectivity index (χ0v) is 11.9. The van der Waals surface area contributed by atoms with Gasteiger partial charge in [0.25, 0.3) is 0 Å². The Kier molecular flexibility index (Phi) is 3.24. The highest BCUT2D eigenvalue weighted by Crippen LogP contribution is 2.64. The van der Waals surface area contributed by atoms with Gasteiger partial charge in [-0.3, -0.25) is 0 Å². The van der Waals surface area contributed by atoms with Gasteiger partial charge >= 0.3 is 0 Å². The van der Waals surface area contributed by atoms with E-state index in [1.165, 1.54) is 24.8 Å². The monoisotopic (exact) mass is 234 g/mol. The van der Waals surface area contributed by atoms with Crippen molar-refractivity contribution >= 4 is 0 Å². The Morgan fingerprint density at radius 2 is 2.12 bits per heavy atom. The molecule has 0 amide bonds. The summed E-state index contributed by atoms with van der Waals surface area (Å²) in [4.78, 5) is 0. The minimum atomic E-state index is 0.141. The molecule has 0 bridgehead atoms. The quantitative estimate of drug-likeness (QED) is 0.702. The Morgan fingerprint density at radius 1 is 1.41 bits per heavy atom. The standard InChI is InChI=1S/C16H26O/c1-6-7-10-16(17-5)13-9-8-12(14(13)16)11-15(2,3)4/h8-9,11,13-14H,6-7,10H2,1-5H3/b12-11+/t13-,14+,16-/m0/s1. The molecule has 0 unspecified atom stereocenters. The molecule has 0 aliphatic heterocycles. The number of allylic oxidation sites excluding steroid dienone is 2. The summed E-state index contributed by atoms with van der Waals surface area (Å²) in [5.74, 6) is 1.28. The molecular formula is C16H26O. The Morgan fingerprint density at radius 3 is 2.65 bits per heavy atom. The number of ether oxygens (including phenoxy) is 1. The van der Waals surface area contributed by atoms with Crippen LogP contribution in [0.5, 0.6) is 0 Å². The van der Waals surface area contributed by atoms with Crippen molar-refractivity contribution in [1.82, 2.24) is 0 Å². The van der Waals surface area contributed by atoms with Crippen molar-refractivity contribution in [3.8, 4) is 0 Å². The second-order valence-corrected chi connectivity index (χ2v) is 6.64. The van der Waals surface area contributed by atoms with Crippen LogP contribution in [0.2, 0.25) is 0 Å². The van der Waals surface area contributed by atoms with Gasteiger partial charge in [0.15, 0.2) is 0 Å². The molecule has 0 spiro atoms. The molecule has 1 nitrogen and oxygen atoms in total. The summed E-state index contributed by atoms with van der Waals surface area (Å²) < 4.78 is 5.87. The molecule has 3 atom stereocenters. The van der Waals surface area contributed by atoms with Crippen LogP contribution in [-0.4, -0.2) is 12.7 Å². The predicted molar refractivity (Wildman–Crippen MR) is 72.9 cm³/mol. The summed E-state index contributed by atoms with van der Waals surface area (Å²) >= 11 is 0. The maximum atomic E-state index is 5.87. The maximum Gasteiger partial charge on any atom is 0.0822 e. The van der Waals surface area contributed by atoms with Gasteiger partial charge < -0.3 is 4.74 Å². The van der Waals surface area contributed by atoms with E-state index in [-0.39, 0.29) is 11.0 Å². The van der Waals surface area contributed by atoms with Crippen molar-refractivity contribution in [2.24, 2.45) is 17.3 Å². The molecule has 96 valence electrons. The fourth-order valence-electron chi connectivity index (χ4n) is 3.31. The first kappa shape index (κ1) is 12.9. The van der Waals surface area contributed by atoms with Crippen LogP contribution in [0.3, 0.4) is 0 Å². The summed E-state index contributed by atoms with van der Waals surface area (Å²) in [6, 6.07) is 0. The first-order valence-corrected chi connectivity index (χ1v) is 6.91. The molecule has 17 heavy (non-hydrogen) atoms. The van der Waals surface area contributed by atoms with Crippen molar-refractivity contribution in [3.63, 3.8) is 0 Å². The van der Waals surface area contributed by atoms with Crippen LogP contribution < -0.4 is 0 Å². The summed E-state index contributed by atoms with van der Waals surface area (Å²) in [5, 5.41) is 0. The normalized spacial score (nSPS) is 37.6. The van der Waals surface area contributed by atoms with Crippen molar-refractivity contribution in [2.75, 3.05) is 7.11 Å². The van der Waals surface area contributed by atoms with Crippen LogP contribution in [-0.2, 0) is 4.74 Å². The molecule has 2 aliphatic rings. The van der Waals surface area contributed by atoms with Gasteiger partial charge in [-0.25, -0.2) is 0 Å². The molecular weight excluding hydrogens is 208 g/mol. The van der Waals surface area contributed by atoms with E-state index in [1.807, 2.05) is 7.11 Å². The third-order valence-electron chi connectivity index (χ3n) is 4.10. The molecule has 0 aromatic heterocycles. The van der Waals surface area contributed by atoms with E-state index >= 15 is 0 Å². The number of unbranched alkanes of at least 4 members (excludes halogenated alkanes) is 1. The van der Waals surface area contributed by atoms with E-state index in [0.29, 0.717) is 11.8 Å². The van der Waals surface area contributed by atoms with E-state index in [9.17, 15) is 0 Å². The fraction of sp³-hybridized carbons (Fsp3) is 0.750. The Balaban J connectivity index is 2.13. The summed E-state index contributed by atoms with van der Waals surface area (Å²) in [7, 11) is 1.89. The van der Waals surface area contributed by atoms with E-state index < -0.39 is 0 Å². The van der Waals surface area contributed by atoms with Crippen LogP contribution in [0.15, 0.2) is 23.8 Å². The number of hydrogen-bond donors (Lipinski definition) is 0. The van der Waals surface area contributed by atoms with Crippen molar-refractivity contribution < 1.29 is 4.74 Å². The third-order valence-corrected chi connectivity index (χ3v) is 4.10. The van der Waals surface area contributed by atoms with Crippen LogP contribution in [0.1, 0.15) is 47.0 Å². The molecule has 1 saturated carbocycles. The zero-order chi connectivity index (χ0) is 12.7. The van der Waals surface area contributed by atoms with Gasteiger partial charge in [0.05, 0.1) is 5.60 Å². The van der Waals surface area contributed by atoms with E-state index in [4.69, 9.17) is 4.74 Å². The lowest BCUT2D eigenvalue weighted by atomic mass is 9.91. The van der Waals surface area contributed by atoms with Crippen molar-refractivity contribution in [3.05, 3.63) is 23.8 Å². The third kappa shape index (κ3) is 2.22. The molecule has 0 aromatic rings. The predicted octanol–water partition coefficient (Wildman–Crippen LogP) is 4.35. The lowest BCUT2D eigenvalue weighted by Crippen LogP contribution is -2.19. The van der Waals surface area contributed by atoms with Crippen LogP contribution in [0.4, 0.5) is 0 Å². The minimum Gasteiger partial charge on any atom is -0.377 e. The summed E-state index contributed by atoms with van der Waals surface area (Å²) in [5.41, 5.74) is 1.91. The number of rotatable bonds is 4. The van der Waals surface area contributed by atoms with Crippen LogP contribution in [0.25, 0.3) is 0 Å². The van der Waals surface area contributed by atoms with Gasteiger partial charge in [-0.15, -0.1) is 0 Å². The van der Waals surface area contributed by atoms with Crippen LogP contribution >= 0.6 is 0 Å². The number of methoxy groups -OCH3 is 1. The lowest BCUT2D eigenvalue weighted by Gasteiger charge is -2.20. The molecule has 0 heterocycles. The highest BCUT2D eigenvalue weighted by Gasteiger charge is 2.66. The largest absolute Gasteiger partial charge is 0.377 e. The molecule has 0 N–H and O–H groups in total. The lowest BCUT2D eigenvalue weighted by molar-refractivity contribution is 0.0522. The Bertz CT molecular complexity index is 345. The Hall–Kier alpha value is -0.560. The molecule has 0 saturated heterocycles. The van der Waals surface area contributed by atoms with Crippen molar-refractivity contribution in [2.45, 2.75) is 52.6 Å². The van der Waals surface area contributed by atoms with Gasteiger partial charge in [0.1, 0.15) is 0 Å². The van der Waals surface area contributed by atoms with Gasteiger partial charge in [0, 0.05) is 18.9 Å². The highest BCUT2D eigenvalue weighted by molar-refractivity contribution is 5.46. The van der Waals surface area contributed by atoms with Crippen LogP contribution in [0, 0.1) is 17.3 Å². The number of hydrogen-bond acceptors (Lipinski definition) is 1. The zero-order valence-electron chi connectivity index (χ0n) is 11.9. The van der Waals surface area contributed by atoms with Gasteiger partial charge in [0.2, 0.25) is 0 Å². The first-order valence-electron chi connectivity index (χ1n) is 6.91. The molecule has 0 aromatic carbocycles. The van der Waals surface area contributed by atoms with E-state index in [2.05, 4.69) is 45.9 Å².